The van der Waals surface area contributed by atoms with Crippen LogP contribution in [0.1, 0.15) is 24.5 Å². The summed E-state index contributed by atoms with van der Waals surface area (Å²) in [5, 5.41) is 9.92. The van der Waals surface area contributed by atoms with Gasteiger partial charge in [-0.1, -0.05) is 30.3 Å². The summed E-state index contributed by atoms with van der Waals surface area (Å²) in [5.41, 5.74) is 0.459. The molecule has 0 radical (unpaired) electrons. The van der Waals surface area contributed by atoms with Crippen LogP contribution in [0.5, 0.6) is 0 Å². The van der Waals surface area contributed by atoms with Gasteiger partial charge in [0.15, 0.2) is 0 Å². The molecule has 1 saturated carbocycles. The van der Waals surface area contributed by atoms with Crippen LogP contribution in [0, 0.1) is 0 Å². The van der Waals surface area contributed by atoms with Gasteiger partial charge in [0.25, 0.3) is 0 Å². The summed E-state index contributed by atoms with van der Waals surface area (Å²) in [7, 11) is 1.65. The number of aliphatic hydroxyl groups is 1. The van der Waals surface area contributed by atoms with E-state index in [0.29, 0.717) is 0 Å². The Morgan fingerprint density at radius 3 is 2.38 bits per heavy atom. The van der Waals surface area contributed by atoms with Crippen LogP contribution < -0.4 is 0 Å². The molecule has 0 bridgehead atoms. The molecule has 1 unspecified atom stereocenters. The molecule has 0 amide bonds. The van der Waals surface area contributed by atoms with Crippen LogP contribution in [-0.4, -0.2) is 17.8 Å². The van der Waals surface area contributed by atoms with E-state index in [2.05, 4.69) is 0 Å². The standard InChI is InChI=1S/C11H14O2/c1-13-10(11(12)7-8-11)9-5-3-2-4-6-9/h2-6,10,12H,7-8H2,1H3. The number of methoxy groups -OCH3 is 1. The molecule has 0 aliphatic heterocycles. The minimum absolute atomic E-state index is 0.159. The Kier molecular flexibility index (Phi) is 2.10. The predicted molar refractivity (Wildman–Crippen MR) is 50.4 cm³/mol. The first-order valence-electron chi connectivity index (χ1n) is 4.56. The first-order valence-corrected chi connectivity index (χ1v) is 4.56. The number of hydrogen-bond donors (Lipinski definition) is 1. The van der Waals surface area contributed by atoms with Crippen molar-refractivity contribution in [2.24, 2.45) is 0 Å². The number of rotatable bonds is 3. The minimum Gasteiger partial charge on any atom is -0.387 e. The molecule has 1 aromatic rings. The molecule has 1 N–H and O–H groups in total. The van der Waals surface area contributed by atoms with Gasteiger partial charge >= 0.3 is 0 Å². The van der Waals surface area contributed by atoms with Gasteiger partial charge < -0.3 is 9.84 Å². The number of ether oxygens (including phenoxy) is 1. The summed E-state index contributed by atoms with van der Waals surface area (Å²) in [6.07, 6.45) is 1.54. The lowest BCUT2D eigenvalue weighted by Crippen LogP contribution is -2.21. The monoisotopic (exact) mass is 178 g/mol. The zero-order valence-electron chi connectivity index (χ0n) is 7.73. The third kappa shape index (κ3) is 1.60. The Morgan fingerprint density at radius 1 is 1.31 bits per heavy atom. The van der Waals surface area contributed by atoms with Crippen molar-refractivity contribution in [3.8, 4) is 0 Å². The highest BCUT2D eigenvalue weighted by molar-refractivity contribution is 5.23. The van der Waals surface area contributed by atoms with Gasteiger partial charge in [0.1, 0.15) is 6.10 Å². The fourth-order valence-electron chi connectivity index (χ4n) is 1.68. The van der Waals surface area contributed by atoms with E-state index in [-0.39, 0.29) is 6.10 Å². The van der Waals surface area contributed by atoms with Crippen molar-refractivity contribution in [1.82, 2.24) is 0 Å². The van der Waals surface area contributed by atoms with Crippen molar-refractivity contribution in [2.75, 3.05) is 7.11 Å². The van der Waals surface area contributed by atoms with E-state index in [4.69, 9.17) is 4.74 Å². The van der Waals surface area contributed by atoms with E-state index in [0.717, 1.165) is 18.4 Å². The first-order chi connectivity index (χ1) is 6.26. The van der Waals surface area contributed by atoms with Crippen LogP contribution >= 0.6 is 0 Å². The van der Waals surface area contributed by atoms with E-state index in [9.17, 15) is 5.11 Å². The Hall–Kier alpha value is -0.860. The molecule has 1 aliphatic rings. The summed E-state index contributed by atoms with van der Waals surface area (Å²) in [6.45, 7) is 0. The van der Waals surface area contributed by atoms with Gasteiger partial charge in [-0.25, -0.2) is 0 Å². The predicted octanol–water partition coefficient (Wildman–Crippen LogP) is 1.90. The van der Waals surface area contributed by atoms with Crippen molar-refractivity contribution in [3.63, 3.8) is 0 Å². The molecule has 2 heteroatoms. The zero-order valence-corrected chi connectivity index (χ0v) is 7.73. The molecular weight excluding hydrogens is 164 g/mol. The lowest BCUT2D eigenvalue weighted by Gasteiger charge is -2.21. The zero-order chi connectivity index (χ0) is 9.31. The van der Waals surface area contributed by atoms with Crippen molar-refractivity contribution >= 4 is 0 Å². The number of benzene rings is 1. The Balaban J connectivity index is 2.23. The Labute approximate surface area is 78.2 Å². The normalized spacial score (nSPS) is 21.1. The highest BCUT2D eigenvalue weighted by Gasteiger charge is 2.48. The van der Waals surface area contributed by atoms with E-state index < -0.39 is 5.60 Å². The molecule has 1 atom stereocenters. The van der Waals surface area contributed by atoms with Crippen LogP contribution in [0.25, 0.3) is 0 Å². The summed E-state index contributed by atoms with van der Waals surface area (Å²) >= 11 is 0. The van der Waals surface area contributed by atoms with E-state index >= 15 is 0 Å². The second-order valence-electron chi connectivity index (χ2n) is 3.63. The Bertz CT molecular complexity index is 277. The fraction of sp³-hybridized carbons (Fsp3) is 0.455. The van der Waals surface area contributed by atoms with Gasteiger partial charge in [0.05, 0.1) is 5.60 Å². The van der Waals surface area contributed by atoms with Gasteiger partial charge in [-0.05, 0) is 18.4 Å². The maximum absolute atomic E-state index is 9.92. The smallest absolute Gasteiger partial charge is 0.111 e. The molecule has 0 saturated heterocycles. The summed E-state index contributed by atoms with van der Waals surface area (Å²) < 4.78 is 5.31. The number of hydrogen-bond acceptors (Lipinski definition) is 2. The molecule has 1 fully saturated rings. The first kappa shape index (κ1) is 8.73. The van der Waals surface area contributed by atoms with Crippen molar-refractivity contribution in [1.29, 1.82) is 0 Å². The van der Waals surface area contributed by atoms with Crippen LogP contribution in [0.15, 0.2) is 30.3 Å². The van der Waals surface area contributed by atoms with Crippen LogP contribution in [0.4, 0.5) is 0 Å². The van der Waals surface area contributed by atoms with E-state index in [1.165, 1.54) is 0 Å². The van der Waals surface area contributed by atoms with Gasteiger partial charge in [-0.2, -0.15) is 0 Å². The third-order valence-corrected chi connectivity index (χ3v) is 2.59. The average Bonchev–Trinajstić information content (AvgIpc) is 2.87. The Morgan fingerprint density at radius 2 is 1.92 bits per heavy atom. The fourth-order valence-corrected chi connectivity index (χ4v) is 1.68. The van der Waals surface area contributed by atoms with Crippen molar-refractivity contribution < 1.29 is 9.84 Å². The van der Waals surface area contributed by atoms with E-state index in [1.54, 1.807) is 7.11 Å². The second-order valence-corrected chi connectivity index (χ2v) is 3.63. The topological polar surface area (TPSA) is 29.5 Å². The molecule has 0 heterocycles. The molecular formula is C11H14O2. The SMILES string of the molecule is COC(c1ccccc1)C1(O)CC1. The molecule has 1 aromatic carbocycles. The van der Waals surface area contributed by atoms with Crippen LogP contribution in [0.3, 0.4) is 0 Å². The van der Waals surface area contributed by atoms with Crippen LogP contribution in [0.2, 0.25) is 0 Å². The largest absolute Gasteiger partial charge is 0.387 e. The van der Waals surface area contributed by atoms with Gasteiger partial charge in [0, 0.05) is 7.11 Å². The van der Waals surface area contributed by atoms with Crippen molar-refractivity contribution in [3.05, 3.63) is 35.9 Å². The second kappa shape index (κ2) is 3.13. The molecule has 2 nitrogen and oxygen atoms in total. The van der Waals surface area contributed by atoms with Gasteiger partial charge in [-0.15, -0.1) is 0 Å². The highest BCUT2D eigenvalue weighted by Crippen LogP contribution is 2.47. The molecule has 70 valence electrons. The molecule has 0 aromatic heterocycles. The van der Waals surface area contributed by atoms with Crippen LogP contribution in [-0.2, 0) is 4.74 Å². The lowest BCUT2D eigenvalue weighted by molar-refractivity contribution is -0.0308. The summed E-state index contributed by atoms with van der Waals surface area (Å²) in [5.74, 6) is 0. The maximum atomic E-state index is 9.92. The molecule has 0 spiro atoms. The minimum atomic E-state index is -0.601. The summed E-state index contributed by atoms with van der Waals surface area (Å²) in [6, 6.07) is 9.88. The average molecular weight is 178 g/mol. The van der Waals surface area contributed by atoms with Gasteiger partial charge in [0.2, 0.25) is 0 Å². The van der Waals surface area contributed by atoms with Gasteiger partial charge in [-0.3, -0.25) is 0 Å². The highest BCUT2D eigenvalue weighted by atomic mass is 16.5. The molecule has 1 aliphatic carbocycles. The molecule has 2 rings (SSSR count). The maximum Gasteiger partial charge on any atom is 0.111 e. The summed E-state index contributed by atoms with van der Waals surface area (Å²) in [4.78, 5) is 0. The quantitative estimate of drug-likeness (QED) is 0.766. The van der Waals surface area contributed by atoms with Crippen molar-refractivity contribution in [2.45, 2.75) is 24.5 Å². The lowest BCUT2D eigenvalue weighted by atomic mass is 10.0. The third-order valence-electron chi connectivity index (χ3n) is 2.59. The van der Waals surface area contributed by atoms with E-state index in [1.807, 2.05) is 30.3 Å². The molecule has 13 heavy (non-hydrogen) atoms.